The van der Waals surface area contributed by atoms with Crippen molar-refractivity contribution < 1.29 is 4.74 Å². The van der Waals surface area contributed by atoms with Gasteiger partial charge in [0.15, 0.2) is 5.84 Å². The molecular formula is C6H9N5O. The van der Waals surface area contributed by atoms with Crippen LogP contribution < -0.4 is 16.3 Å². The van der Waals surface area contributed by atoms with Gasteiger partial charge in [0.1, 0.15) is 5.69 Å². The van der Waals surface area contributed by atoms with Gasteiger partial charge in [-0.05, 0) is 0 Å². The van der Waals surface area contributed by atoms with E-state index in [1.165, 1.54) is 19.5 Å². The van der Waals surface area contributed by atoms with Gasteiger partial charge in [0.2, 0.25) is 5.88 Å². The molecule has 0 radical (unpaired) electrons. The van der Waals surface area contributed by atoms with Gasteiger partial charge in [-0.25, -0.2) is 4.98 Å². The predicted molar refractivity (Wildman–Crippen MR) is 43.5 cm³/mol. The molecule has 0 saturated carbocycles. The van der Waals surface area contributed by atoms with Crippen LogP contribution in [0.5, 0.6) is 5.88 Å². The summed E-state index contributed by atoms with van der Waals surface area (Å²) in [5.41, 5.74) is 5.78. The van der Waals surface area contributed by atoms with Gasteiger partial charge in [0, 0.05) is 0 Å². The molecule has 0 aromatic carbocycles. The number of nitrogens with zero attached hydrogens (tertiary/aromatic N) is 3. The SMILES string of the molecule is COc1cncc(/C(N)=N/N)n1. The summed E-state index contributed by atoms with van der Waals surface area (Å²) in [4.78, 5) is 7.76. The molecule has 0 spiro atoms. The van der Waals surface area contributed by atoms with Crippen LogP contribution in [0.3, 0.4) is 0 Å². The largest absolute Gasteiger partial charge is 0.480 e. The second kappa shape index (κ2) is 3.51. The molecule has 64 valence electrons. The summed E-state index contributed by atoms with van der Waals surface area (Å²) >= 11 is 0. The van der Waals surface area contributed by atoms with E-state index in [0.717, 1.165) is 0 Å². The molecule has 6 nitrogen and oxygen atoms in total. The Morgan fingerprint density at radius 1 is 1.58 bits per heavy atom. The standard InChI is InChI=1S/C6H9N5O/c1-12-5-3-9-2-4(10-5)6(7)11-8/h2-3H,8H2,1H3,(H2,7,11). The average Bonchev–Trinajstić information content (AvgIpc) is 2.17. The molecule has 0 saturated heterocycles. The van der Waals surface area contributed by atoms with Gasteiger partial charge >= 0.3 is 0 Å². The molecule has 4 N–H and O–H groups in total. The Morgan fingerprint density at radius 2 is 2.33 bits per heavy atom. The molecular weight excluding hydrogens is 158 g/mol. The van der Waals surface area contributed by atoms with Crippen molar-refractivity contribution in [3.05, 3.63) is 18.1 Å². The fourth-order valence-corrected chi connectivity index (χ4v) is 0.636. The lowest BCUT2D eigenvalue weighted by Crippen LogP contribution is -2.17. The number of hydrogen-bond acceptors (Lipinski definition) is 5. The van der Waals surface area contributed by atoms with Gasteiger partial charge in [-0.1, -0.05) is 0 Å². The van der Waals surface area contributed by atoms with E-state index in [-0.39, 0.29) is 5.84 Å². The van der Waals surface area contributed by atoms with Gasteiger partial charge < -0.3 is 16.3 Å². The Bertz CT molecular complexity index is 298. The Kier molecular flexibility index (Phi) is 2.42. The van der Waals surface area contributed by atoms with Gasteiger partial charge in [-0.3, -0.25) is 4.98 Å². The maximum atomic E-state index is 5.38. The molecule has 1 heterocycles. The summed E-state index contributed by atoms with van der Waals surface area (Å²) in [5.74, 6) is 5.45. The van der Waals surface area contributed by atoms with E-state index < -0.39 is 0 Å². The van der Waals surface area contributed by atoms with Crippen molar-refractivity contribution in [3.8, 4) is 5.88 Å². The molecule has 0 fully saturated rings. The van der Waals surface area contributed by atoms with Crippen LogP contribution in [-0.2, 0) is 0 Å². The number of nitrogens with two attached hydrogens (primary N) is 2. The van der Waals surface area contributed by atoms with Crippen LogP contribution in [0.15, 0.2) is 17.5 Å². The Labute approximate surface area is 69.3 Å². The predicted octanol–water partition coefficient (Wildman–Crippen LogP) is -0.936. The second-order valence-electron chi connectivity index (χ2n) is 1.96. The van der Waals surface area contributed by atoms with Gasteiger partial charge in [-0.15, -0.1) is 0 Å². The minimum atomic E-state index is 0.126. The Morgan fingerprint density at radius 3 is 2.92 bits per heavy atom. The number of rotatable bonds is 2. The molecule has 0 aliphatic carbocycles. The zero-order valence-electron chi connectivity index (χ0n) is 6.56. The maximum Gasteiger partial charge on any atom is 0.232 e. The number of ether oxygens (including phenoxy) is 1. The van der Waals surface area contributed by atoms with Crippen molar-refractivity contribution in [2.45, 2.75) is 0 Å². The number of amidine groups is 1. The first-order valence-corrected chi connectivity index (χ1v) is 3.17. The molecule has 0 aliphatic heterocycles. The normalized spacial score (nSPS) is 11.2. The highest BCUT2D eigenvalue weighted by Crippen LogP contribution is 2.02. The molecule has 6 heteroatoms. The summed E-state index contributed by atoms with van der Waals surface area (Å²) in [6.45, 7) is 0. The number of aromatic nitrogens is 2. The average molecular weight is 167 g/mol. The fourth-order valence-electron chi connectivity index (χ4n) is 0.636. The summed E-state index contributed by atoms with van der Waals surface area (Å²) in [7, 11) is 1.49. The summed E-state index contributed by atoms with van der Waals surface area (Å²) < 4.78 is 4.82. The highest BCUT2D eigenvalue weighted by molar-refractivity contribution is 5.95. The highest BCUT2D eigenvalue weighted by atomic mass is 16.5. The minimum Gasteiger partial charge on any atom is -0.480 e. The zero-order valence-corrected chi connectivity index (χ0v) is 6.56. The maximum absolute atomic E-state index is 5.38. The van der Waals surface area contributed by atoms with Gasteiger partial charge in [-0.2, -0.15) is 5.10 Å². The van der Waals surface area contributed by atoms with E-state index in [4.69, 9.17) is 16.3 Å². The lowest BCUT2D eigenvalue weighted by atomic mass is 10.4. The highest BCUT2D eigenvalue weighted by Gasteiger charge is 2.01. The first kappa shape index (κ1) is 8.25. The summed E-state index contributed by atoms with van der Waals surface area (Å²) in [6.07, 6.45) is 2.92. The fraction of sp³-hybridized carbons (Fsp3) is 0.167. The zero-order chi connectivity index (χ0) is 8.97. The lowest BCUT2D eigenvalue weighted by Gasteiger charge is -2.00. The molecule has 0 bridgehead atoms. The third-order valence-corrected chi connectivity index (χ3v) is 1.22. The molecule has 1 rings (SSSR count). The van der Waals surface area contributed by atoms with Crippen LogP contribution in [-0.4, -0.2) is 22.9 Å². The Balaban J connectivity index is 3.02. The number of hydrogen-bond donors (Lipinski definition) is 2. The van der Waals surface area contributed by atoms with Crippen LogP contribution in [0.1, 0.15) is 5.69 Å². The molecule has 0 aliphatic rings. The van der Waals surface area contributed by atoms with Gasteiger partial charge in [0.25, 0.3) is 0 Å². The van der Waals surface area contributed by atoms with E-state index in [2.05, 4.69) is 15.1 Å². The molecule has 0 unspecified atom stereocenters. The van der Waals surface area contributed by atoms with E-state index in [0.29, 0.717) is 11.6 Å². The first-order chi connectivity index (χ1) is 5.77. The minimum absolute atomic E-state index is 0.126. The van der Waals surface area contributed by atoms with Crippen LogP contribution in [0.4, 0.5) is 0 Å². The molecule has 1 aromatic rings. The van der Waals surface area contributed by atoms with Crippen molar-refractivity contribution in [1.29, 1.82) is 0 Å². The van der Waals surface area contributed by atoms with E-state index in [9.17, 15) is 0 Å². The quantitative estimate of drug-likeness (QED) is 0.256. The van der Waals surface area contributed by atoms with Crippen molar-refractivity contribution >= 4 is 5.84 Å². The topological polar surface area (TPSA) is 99.4 Å². The number of hydrazone groups is 1. The van der Waals surface area contributed by atoms with Crippen molar-refractivity contribution in [3.63, 3.8) is 0 Å². The van der Waals surface area contributed by atoms with Crippen LogP contribution >= 0.6 is 0 Å². The third kappa shape index (κ3) is 1.60. The second-order valence-corrected chi connectivity index (χ2v) is 1.96. The van der Waals surface area contributed by atoms with Crippen LogP contribution in [0, 0.1) is 0 Å². The first-order valence-electron chi connectivity index (χ1n) is 3.17. The monoisotopic (exact) mass is 167 g/mol. The van der Waals surface area contributed by atoms with E-state index in [1.807, 2.05) is 0 Å². The summed E-state index contributed by atoms with van der Waals surface area (Å²) in [6, 6.07) is 0. The van der Waals surface area contributed by atoms with Crippen LogP contribution in [0.2, 0.25) is 0 Å². The molecule has 12 heavy (non-hydrogen) atoms. The Hall–Kier alpha value is -1.85. The van der Waals surface area contributed by atoms with Crippen molar-refractivity contribution in [2.24, 2.45) is 16.7 Å². The van der Waals surface area contributed by atoms with E-state index >= 15 is 0 Å². The van der Waals surface area contributed by atoms with Gasteiger partial charge in [0.05, 0.1) is 19.5 Å². The van der Waals surface area contributed by atoms with Crippen molar-refractivity contribution in [1.82, 2.24) is 9.97 Å². The van der Waals surface area contributed by atoms with Crippen LogP contribution in [0.25, 0.3) is 0 Å². The van der Waals surface area contributed by atoms with E-state index in [1.54, 1.807) is 0 Å². The molecule has 0 amide bonds. The molecule has 0 atom stereocenters. The number of methoxy groups -OCH3 is 1. The smallest absolute Gasteiger partial charge is 0.232 e. The lowest BCUT2D eigenvalue weighted by molar-refractivity contribution is 0.395. The molecule has 1 aromatic heterocycles. The third-order valence-electron chi connectivity index (χ3n) is 1.22. The summed E-state index contributed by atoms with van der Waals surface area (Å²) in [5, 5.41) is 3.27. The van der Waals surface area contributed by atoms with Crippen molar-refractivity contribution in [2.75, 3.05) is 7.11 Å².